The number of anilines is 2. The number of benzene rings is 5. The maximum absolute atomic E-state index is 5.65. The highest BCUT2D eigenvalue weighted by molar-refractivity contribution is 6.25. The number of rotatable bonds is 5. The van der Waals surface area contributed by atoms with Crippen molar-refractivity contribution in [3.63, 3.8) is 0 Å². The lowest BCUT2D eigenvalue weighted by atomic mass is 9.89. The first-order valence-electron chi connectivity index (χ1n) is 17.9. The van der Waals surface area contributed by atoms with Gasteiger partial charge in [-0.3, -0.25) is 9.55 Å². The van der Waals surface area contributed by atoms with Gasteiger partial charge in [-0.05, 0) is 48.0 Å². The van der Waals surface area contributed by atoms with E-state index in [2.05, 4.69) is 158 Å². The number of hydrogen-bond donors (Lipinski definition) is 0. The van der Waals surface area contributed by atoms with Gasteiger partial charge >= 0.3 is 0 Å². The Morgan fingerprint density at radius 1 is 0.585 bits per heavy atom. The van der Waals surface area contributed by atoms with Crippen molar-refractivity contribution in [2.75, 3.05) is 4.90 Å². The topological polar surface area (TPSA) is 64.7 Å². The molecular formula is C46H31N7. The number of allylic oxidation sites excluding steroid dienone is 2. The summed E-state index contributed by atoms with van der Waals surface area (Å²) in [6.07, 6.45) is 16.2. The summed E-state index contributed by atoms with van der Waals surface area (Å²) in [4.78, 5) is 21.8. The molecule has 0 bridgehead atoms. The van der Waals surface area contributed by atoms with E-state index < -0.39 is 0 Å². The molecule has 0 fully saturated rings. The maximum atomic E-state index is 5.65. The van der Waals surface area contributed by atoms with Crippen LogP contribution in [-0.2, 0) is 0 Å². The lowest BCUT2D eigenvalue weighted by Gasteiger charge is -2.31. The molecular weight excluding hydrogens is 651 g/mol. The summed E-state index contributed by atoms with van der Waals surface area (Å²) in [5.74, 6) is 1.60. The summed E-state index contributed by atoms with van der Waals surface area (Å²) in [6, 6.07) is 45.0. The average molecular weight is 682 g/mol. The molecule has 2 unspecified atom stereocenters. The van der Waals surface area contributed by atoms with Crippen molar-refractivity contribution in [2.24, 2.45) is 0 Å². The Morgan fingerprint density at radius 2 is 1.32 bits per heavy atom. The molecule has 7 heteroatoms. The summed E-state index contributed by atoms with van der Waals surface area (Å²) < 4.78 is 4.69. The fraction of sp³-hybridized carbons (Fsp3) is 0.0435. The van der Waals surface area contributed by atoms with Gasteiger partial charge in [-0.2, -0.15) is 0 Å². The normalized spacial score (nSPS) is 16.1. The van der Waals surface area contributed by atoms with Crippen LogP contribution in [0.4, 0.5) is 11.4 Å². The second kappa shape index (κ2) is 11.7. The summed E-state index contributed by atoms with van der Waals surface area (Å²) in [7, 11) is 0. The molecule has 0 radical (unpaired) electrons. The molecule has 53 heavy (non-hydrogen) atoms. The van der Waals surface area contributed by atoms with Crippen molar-refractivity contribution in [2.45, 2.75) is 12.0 Å². The van der Waals surface area contributed by atoms with E-state index in [0.29, 0.717) is 0 Å². The Kier molecular flexibility index (Phi) is 6.54. The van der Waals surface area contributed by atoms with Gasteiger partial charge in [0.25, 0.3) is 0 Å². The van der Waals surface area contributed by atoms with Crippen LogP contribution in [0, 0.1) is 0 Å². The highest BCUT2D eigenvalue weighted by Gasteiger charge is 2.44. The first-order valence-corrected chi connectivity index (χ1v) is 17.9. The highest BCUT2D eigenvalue weighted by atomic mass is 15.2. The lowest BCUT2D eigenvalue weighted by Crippen LogP contribution is -2.29. The van der Waals surface area contributed by atoms with Crippen LogP contribution in [0.1, 0.15) is 11.5 Å². The Labute approximate surface area is 305 Å². The van der Waals surface area contributed by atoms with Crippen molar-refractivity contribution >= 4 is 44.2 Å². The second-order valence-corrected chi connectivity index (χ2v) is 13.5. The first kappa shape index (κ1) is 29.6. The zero-order valence-electron chi connectivity index (χ0n) is 28.5. The van der Waals surface area contributed by atoms with Crippen LogP contribution < -0.4 is 4.90 Å². The highest BCUT2D eigenvalue weighted by Crippen LogP contribution is 2.57. The van der Waals surface area contributed by atoms with E-state index in [0.717, 1.165) is 61.6 Å². The quantitative estimate of drug-likeness (QED) is 0.181. The van der Waals surface area contributed by atoms with Crippen molar-refractivity contribution in [3.05, 3.63) is 182 Å². The van der Waals surface area contributed by atoms with E-state index in [-0.39, 0.29) is 12.0 Å². The van der Waals surface area contributed by atoms with Crippen LogP contribution in [-0.4, -0.2) is 35.1 Å². The summed E-state index contributed by atoms with van der Waals surface area (Å²) in [5.41, 5.74) is 12.2. The summed E-state index contributed by atoms with van der Waals surface area (Å²) >= 11 is 0. The minimum atomic E-state index is 0.00835. The standard InChI is InChI=1S/C46H31N7/c1-3-13-30(14-4-1)33-17-7-10-20-36(33)52-38-22-12-9-19-35(38)41-43-40(34-18-8-11-21-37(34)51(43)32-15-5-2-6-16-32)42-45(44(41)52)53(39-25-28-48-29-49-39)46(50-42)31-23-26-47-27-24-31/h1-29,35,38H. The minimum Gasteiger partial charge on any atom is -0.331 e. The molecule has 0 spiro atoms. The fourth-order valence-electron chi connectivity index (χ4n) is 8.61. The van der Waals surface area contributed by atoms with Gasteiger partial charge in [0.2, 0.25) is 0 Å². The third kappa shape index (κ3) is 4.34. The third-order valence-corrected chi connectivity index (χ3v) is 10.7. The molecule has 5 aromatic carbocycles. The monoisotopic (exact) mass is 681 g/mol. The van der Waals surface area contributed by atoms with Crippen molar-refractivity contribution < 1.29 is 0 Å². The van der Waals surface area contributed by atoms with Crippen LogP contribution in [0.5, 0.6) is 0 Å². The largest absolute Gasteiger partial charge is 0.331 e. The van der Waals surface area contributed by atoms with Crippen molar-refractivity contribution in [1.29, 1.82) is 0 Å². The van der Waals surface area contributed by atoms with Gasteiger partial charge in [-0.15, -0.1) is 0 Å². The Bertz CT molecular complexity index is 2890. The first-order chi connectivity index (χ1) is 26.4. The minimum absolute atomic E-state index is 0.00835. The van der Waals surface area contributed by atoms with E-state index >= 15 is 0 Å². The van der Waals surface area contributed by atoms with E-state index in [9.17, 15) is 0 Å². The van der Waals surface area contributed by atoms with Crippen molar-refractivity contribution in [1.82, 2.24) is 29.1 Å². The smallest absolute Gasteiger partial charge is 0.147 e. The number of imidazole rings is 1. The molecule has 2 aliphatic rings. The zero-order chi connectivity index (χ0) is 34.9. The molecule has 0 amide bonds. The van der Waals surface area contributed by atoms with Gasteiger partial charge < -0.3 is 9.47 Å². The molecule has 1 aliphatic carbocycles. The summed E-state index contributed by atoms with van der Waals surface area (Å²) in [5, 5.41) is 2.28. The molecule has 0 saturated heterocycles. The molecule has 250 valence electrons. The fourth-order valence-corrected chi connectivity index (χ4v) is 8.61. The molecule has 4 aromatic heterocycles. The van der Waals surface area contributed by atoms with Gasteiger partial charge in [-0.25, -0.2) is 15.0 Å². The number of nitrogens with zero attached hydrogens (tertiary/aromatic N) is 7. The molecule has 2 atom stereocenters. The number of hydrogen-bond acceptors (Lipinski definition) is 5. The molecule has 9 aromatic rings. The number of para-hydroxylation sites is 3. The van der Waals surface area contributed by atoms with Gasteiger partial charge in [-0.1, -0.05) is 109 Å². The number of aromatic nitrogens is 6. The molecule has 0 saturated carbocycles. The zero-order valence-corrected chi connectivity index (χ0v) is 28.5. The number of pyridine rings is 1. The van der Waals surface area contributed by atoms with E-state index in [1.54, 1.807) is 12.5 Å². The van der Waals surface area contributed by atoms with Crippen molar-refractivity contribution in [3.8, 4) is 34.0 Å². The Hall–Kier alpha value is -7.12. The van der Waals surface area contributed by atoms with Crippen LogP contribution in [0.15, 0.2) is 177 Å². The van der Waals surface area contributed by atoms with Crippen LogP contribution >= 0.6 is 0 Å². The predicted molar refractivity (Wildman–Crippen MR) is 213 cm³/mol. The Balaban J connectivity index is 1.40. The van der Waals surface area contributed by atoms with Gasteiger partial charge in [0, 0.05) is 63.3 Å². The molecule has 5 heterocycles. The van der Waals surface area contributed by atoms with E-state index in [4.69, 9.17) is 9.97 Å². The average Bonchev–Trinajstić information content (AvgIpc) is 3.90. The van der Waals surface area contributed by atoms with E-state index in [1.807, 2.05) is 30.6 Å². The third-order valence-electron chi connectivity index (χ3n) is 10.7. The molecule has 11 rings (SSSR count). The van der Waals surface area contributed by atoms with Crippen LogP contribution in [0.25, 0.3) is 66.9 Å². The predicted octanol–water partition coefficient (Wildman–Crippen LogP) is 10.4. The molecule has 7 nitrogen and oxygen atoms in total. The van der Waals surface area contributed by atoms with Crippen LogP contribution in [0.2, 0.25) is 0 Å². The van der Waals surface area contributed by atoms with Gasteiger partial charge in [0.1, 0.15) is 23.5 Å². The van der Waals surface area contributed by atoms with Gasteiger partial charge in [0.05, 0.1) is 28.3 Å². The van der Waals surface area contributed by atoms with Gasteiger partial charge in [0.15, 0.2) is 0 Å². The molecule has 1 aliphatic heterocycles. The maximum Gasteiger partial charge on any atom is 0.147 e. The lowest BCUT2D eigenvalue weighted by molar-refractivity contribution is 0.746. The summed E-state index contributed by atoms with van der Waals surface area (Å²) in [6.45, 7) is 0. The SMILES string of the molecule is C1=CC2c3c(c4c(nc(-c5ccncc5)n4-c4ccncn4)c4c5ccccc5n(-c5ccccc5)c34)N(c3ccccc3-c3ccccc3)C2C=C1. The van der Waals surface area contributed by atoms with E-state index in [1.165, 1.54) is 22.2 Å². The Morgan fingerprint density at radius 3 is 2.15 bits per heavy atom. The molecule has 0 N–H and O–H groups in total. The van der Waals surface area contributed by atoms with Crippen LogP contribution in [0.3, 0.4) is 0 Å². The second-order valence-electron chi connectivity index (χ2n) is 13.5. The number of fused-ring (bicyclic) bond motifs is 10.